The first-order chi connectivity index (χ1) is 14.3. The zero-order valence-corrected chi connectivity index (χ0v) is 19.7. The number of para-hydroxylation sites is 2. The molecular weight excluding hydrogens is 394 g/mol. The molecule has 30 heavy (non-hydrogen) atoms. The summed E-state index contributed by atoms with van der Waals surface area (Å²) in [6.07, 6.45) is 9.91. The van der Waals surface area contributed by atoms with Crippen molar-refractivity contribution in [1.29, 1.82) is 0 Å². The predicted molar refractivity (Wildman–Crippen MR) is 125 cm³/mol. The number of hydrogen-bond acceptors (Lipinski definition) is 3. The van der Waals surface area contributed by atoms with Gasteiger partial charge in [-0.1, -0.05) is 45.7 Å². The van der Waals surface area contributed by atoms with Crippen molar-refractivity contribution in [2.75, 3.05) is 22.1 Å². The third-order valence-corrected chi connectivity index (χ3v) is 9.22. The van der Waals surface area contributed by atoms with Gasteiger partial charge in [-0.2, -0.15) is 8.42 Å². The van der Waals surface area contributed by atoms with E-state index in [2.05, 4.69) is 30.4 Å². The van der Waals surface area contributed by atoms with Gasteiger partial charge in [-0.15, -0.1) is 0 Å². The molecule has 6 heteroatoms. The van der Waals surface area contributed by atoms with Crippen molar-refractivity contribution in [1.82, 2.24) is 4.90 Å². The second kappa shape index (κ2) is 9.07. The second-order valence-electron chi connectivity index (χ2n) is 10.2. The van der Waals surface area contributed by atoms with Crippen molar-refractivity contribution in [2.24, 2.45) is 17.8 Å². The topological polar surface area (TPSA) is 52.6 Å². The summed E-state index contributed by atoms with van der Waals surface area (Å²) in [7, 11) is -3.45. The molecule has 1 aromatic rings. The van der Waals surface area contributed by atoms with Crippen molar-refractivity contribution >= 4 is 21.6 Å². The molecule has 2 fully saturated rings. The Hall–Kier alpha value is -1.27. The van der Waals surface area contributed by atoms with Gasteiger partial charge >= 0.3 is 10.2 Å². The maximum absolute atomic E-state index is 12.7. The minimum absolute atomic E-state index is 0.0646. The first-order valence-corrected chi connectivity index (χ1v) is 13.4. The van der Waals surface area contributed by atoms with E-state index in [1.807, 2.05) is 24.3 Å². The Morgan fingerprint density at radius 2 is 1.60 bits per heavy atom. The Bertz CT molecular complexity index is 809. The largest absolute Gasteiger partial charge is 0.324 e. The van der Waals surface area contributed by atoms with Crippen LogP contribution in [0.1, 0.15) is 72.1 Å². The van der Waals surface area contributed by atoms with Crippen LogP contribution in [0.2, 0.25) is 0 Å². The summed E-state index contributed by atoms with van der Waals surface area (Å²) >= 11 is 0. The van der Waals surface area contributed by atoms with Crippen LogP contribution in [0, 0.1) is 17.8 Å². The van der Waals surface area contributed by atoms with Gasteiger partial charge in [0.1, 0.15) is 0 Å². The van der Waals surface area contributed by atoms with E-state index in [1.165, 1.54) is 38.5 Å². The lowest BCUT2D eigenvalue weighted by Gasteiger charge is -2.43. The minimum Gasteiger partial charge on any atom is -0.300 e. The van der Waals surface area contributed by atoms with Gasteiger partial charge in [-0.05, 0) is 68.4 Å². The molecule has 1 unspecified atom stereocenters. The standard InChI is InChI=1S/C24H39N3O2S/c1-18(2)8-9-19(3)20-10-12-21(13-11-20)26-16-14-22(15-17-26)27-24-7-5-4-6-23(24)25-30(27,28)29/h4-7,18-22,25H,8-17H2,1-3H3. The third kappa shape index (κ3) is 4.64. The zero-order chi connectivity index (χ0) is 21.3. The van der Waals surface area contributed by atoms with Crippen LogP contribution in [0.4, 0.5) is 11.4 Å². The SMILES string of the molecule is CC(C)CCC(C)C1CCC(N2CCC(N3c4ccccc4NS3(=O)=O)CC2)CC1. The van der Waals surface area contributed by atoms with Crippen LogP contribution < -0.4 is 9.03 Å². The molecule has 1 saturated heterocycles. The van der Waals surface area contributed by atoms with Gasteiger partial charge in [0, 0.05) is 25.2 Å². The van der Waals surface area contributed by atoms with E-state index in [9.17, 15) is 8.42 Å². The van der Waals surface area contributed by atoms with Crippen molar-refractivity contribution in [2.45, 2.75) is 84.2 Å². The molecule has 0 radical (unpaired) electrons. The number of hydrogen-bond donors (Lipinski definition) is 1. The molecule has 2 heterocycles. The predicted octanol–water partition coefficient (Wildman–Crippen LogP) is 5.26. The van der Waals surface area contributed by atoms with Crippen LogP contribution >= 0.6 is 0 Å². The van der Waals surface area contributed by atoms with E-state index in [4.69, 9.17) is 0 Å². The van der Waals surface area contributed by atoms with Gasteiger partial charge in [0.2, 0.25) is 0 Å². The number of rotatable bonds is 6. The van der Waals surface area contributed by atoms with Gasteiger partial charge in [0.25, 0.3) is 0 Å². The van der Waals surface area contributed by atoms with Crippen molar-refractivity contribution in [3.05, 3.63) is 24.3 Å². The van der Waals surface area contributed by atoms with Crippen molar-refractivity contribution in [3.63, 3.8) is 0 Å². The molecule has 1 saturated carbocycles. The lowest BCUT2D eigenvalue weighted by molar-refractivity contribution is 0.0954. The van der Waals surface area contributed by atoms with E-state index >= 15 is 0 Å². The zero-order valence-electron chi connectivity index (χ0n) is 18.9. The fourth-order valence-corrected chi connectivity index (χ4v) is 7.39. The number of anilines is 2. The van der Waals surface area contributed by atoms with E-state index < -0.39 is 10.2 Å². The molecule has 5 nitrogen and oxygen atoms in total. The highest BCUT2D eigenvalue weighted by Gasteiger charge is 2.40. The number of nitrogens with zero attached hydrogens (tertiary/aromatic N) is 2. The van der Waals surface area contributed by atoms with Crippen LogP contribution in [-0.4, -0.2) is 38.5 Å². The number of piperidine rings is 1. The van der Waals surface area contributed by atoms with Crippen molar-refractivity contribution in [3.8, 4) is 0 Å². The Morgan fingerprint density at radius 3 is 2.27 bits per heavy atom. The van der Waals surface area contributed by atoms with Crippen LogP contribution in [0.5, 0.6) is 0 Å². The monoisotopic (exact) mass is 433 g/mol. The first kappa shape index (κ1) is 21.9. The Balaban J connectivity index is 1.29. The van der Waals surface area contributed by atoms with Gasteiger partial charge in [0.15, 0.2) is 0 Å². The summed E-state index contributed by atoms with van der Waals surface area (Å²) in [5, 5.41) is 0. The summed E-state index contributed by atoms with van der Waals surface area (Å²) in [6.45, 7) is 9.14. The Labute approximate surface area is 183 Å². The minimum atomic E-state index is -3.45. The number of fused-ring (bicyclic) bond motifs is 1. The summed E-state index contributed by atoms with van der Waals surface area (Å²) in [4.78, 5) is 2.65. The molecule has 1 aliphatic carbocycles. The molecule has 3 aliphatic rings. The normalized spacial score (nSPS) is 28.3. The van der Waals surface area contributed by atoms with Crippen LogP contribution in [0.15, 0.2) is 24.3 Å². The quantitative estimate of drug-likeness (QED) is 0.666. The third-order valence-electron chi connectivity index (χ3n) is 7.73. The molecule has 0 spiro atoms. The van der Waals surface area contributed by atoms with Gasteiger partial charge in [0.05, 0.1) is 11.4 Å². The highest BCUT2D eigenvalue weighted by atomic mass is 32.2. The molecular formula is C24H39N3O2S. The lowest BCUT2D eigenvalue weighted by Crippen LogP contribution is -2.50. The Morgan fingerprint density at radius 1 is 0.933 bits per heavy atom. The van der Waals surface area contributed by atoms with E-state index in [0.717, 1.165) is 49.4 Å². The van der Waals surface area contributed by atoms with Gasteiger partial charge in [-0.3, -0.25) is 4.72 Å². The maximum Gasteiger partial charge on any atom is 0.324 e. The molecule has 1 atom stereocenters. The number of nitrogens with one attached hydrogen (secondary N) is 1. The second-order valence-corrected chi connectivity index (χ2v) is 11.8. The highest BCUT2D eigenvalue weighted by molar-refractivity contribution is 7.94. The average Bonchev–Trinajstić information content (AvgIpc) is 3.02. The number of likely N-dealkylation sites (tertiary alicyclic amines) is 1. The Kier molecular flexibility index (Phi) is 6.64. The van der Waals surface area contributed by atoms with Crippen LogP contribution in [0.25, 0.3) is 0 Å². The van der Waals surface area contributed by atoms with E-state index in [-0.39, 0.29) is 6.04 Å². The maximum atomic E-state index is 12.7. The fraction of sp³-hybridized carbons (Fsp3) is 0.750. The van der Waals surface area contributed by atoms with Crippen molar-refractivity contribution < 1.29 is 8.42 Å². The van der Waals surface area contributed by atoms with Gasteiger partial charge < -0.3 is 4.90 Å². The smallest absolute Gasteiger partial charge is 0.300 e. The molecule has 1 aromatic carbocycles. The molecule has 4 rings (SSSR count). The number of benzene rings is 1. The summed E-state index contributed by atoms with van der Waals surface area (Å²) in [6, 6.07) is 8.33. The summed E-state index contributed by atoms with van der Waals surface area (Å²) in [5.41, 5.74) is 1.52. The van der Waals surface area contributed by atoms with Gasteiger partial charge in [-0.25, -0.2) is 4.31 Å². The lowest BCUT2D eigenvalue weighted by atomic mass is 9.76. The summed E-state index contributed by atoms with van der Waals surface area (Å²) < 4.78 is 29.8. The average molecular weight is 434 g/mol. The summed E-state index contributed by atoms with van der Waals surface area (Å²) in [5.74, 6) is 2.56. The molecule has 1 N–H and O–H groups in total. The molecule has 0 bridgehead atoms. The van der Waals surface area contributed by atoms with Crippen LogP contribution in [-0.2, 0) is 10.2 Å². The first-order valence-electron chi connectivity index (χ1n) is 12.0. The molecule has 2 aliphatic heterocycles. The van der Waals surface area contributed by atoms with E-state index in [1.54, 1.807) is 4.31 Å². The highest BCUT2D eigenvalue weighted by Crippen LogP contribution is 2.40. The molecule has 0 amide bonds. The van der Waals surface area contributed by atoms with E-state index in [0.29, 0.717) is 11.7 Å². The molecule has 0 aromatic heterocycles. The van der Waals surface area contributed by atoms with Crippen LogP contribution in [0.3, 0.4) is 0 Å². The fourth-order valence-electron chi connectivity index (χ4n) is 5.82. The molecule has 168 valence electrons.